The third-order valence-electron chi connectivity index (χ3n) is 2.47. The van der Waals surface area contributed by atoms with E-state index in [-0.39, 0.29) is 9.85 Å². The lowest BCUT2D eigenvalue weighted by atomic mass is 10.0. The van der Waals surface area contributed by atoms with Crippen LogP contribution in [0.1, 0.15) is 16.0 Å². The van der Waals surface area contributed by atoms with Gasteiger partial charge >= 0.3 is 0 Å². The van der Waals surface area contributed by atoms with Gasteiger partial charge in [0.05, 0.1) is 9.85 Å². The summed E-state index contributed by atoms with van der Waals surface area (Å²) in [6, 6.07) is 7.79. The van der Waals surface area contributed by atoms with E-state index >= 15 is 0 Å². The van der Waals surface area contributed by atoms with E-state index in [4.69, 9.17) is 11.6 Å². The Kier molecular flexibility index (Phi) is 3.97. The average molecular weight is 336 g/mol. The third-order valence-corrected chi connectivity index (χ3v) is 3.82. The van der Waals surface area contributed by atoms with Gasteiger partial charge in [-0.15, -0.1) is 0 Å². The fraction of sp³-hybridized carbons (Fsp3) is 0.0769. The molecule has 5 heteroatoms. The molecule has 94 valence electrons. The first-order chi connectivity index (χ1) is 8.49. The lowest BCUT2D eigenvalue weighted by Crippen LogP contribution is -1.96. The van der Waals surface area contributed by atoms with E-state index in [0.717, 1.165) is 12.1 Å². The van der Waals surface area contributed by atoms with E-state index < -0.39 is 17.5 Å². The summed E-state index contributed by atoms with van der Waals surface area (Å²) in [5.41, 5.74) is 1.18. The van der Waals surface area contributed by atoms with Crippen molar-refractivity contribution in [2.75, 3.05) is 0 Å². The van der Waals surface area contributed by atoms with Crippen LogP contribution >= 0.6 is 27.5 Å². The highest BCUT2D eigenvalue weighted by molar-refractivity contribution is 9.09. The Hall–Kier alpha value is -1.00. The van der Waals surface area contributed by atoms with E-state index in [1.807, 2.05) is 0 Å². The minimum atomic E-state index is -0.926. The number of alkyl halides is 1. The van der Waals surface area contributed by atoms with E-state index in [1.165, 1.54) is 24.3 Å². The van der Waals surface area contributed by atoms with Gasteiger partial charge in [0.2, 0.25) is 0 Å². The number of halogens is 5. The Bertz CT molecular complexity index is 535. The van der Waals surface area contributed by atoms with Crippen molar-refractivity contribution in [3.63, 3.8) is 0 Å². The highest BCUT2D eigenvalue weighted by atomic mass is 79.9. The quantitative estimate of drug-likeness (QED) is 0.658. The molecular formula is C13H7BrClF3. The summed E-state index contributed by atoms with van der Waals surface area (Å²) in [5.74, 6) is -2.36. The minimum absolute atomic E-state index is 0.0143. The Labute approximate surface area is 116 Å². The van der Waals surface area contributed by atoms with Gasteiger partial charge in [-0.1, -0.05) is 39.7 Å². The second kappa shape index (κ2) is 5.33. The van der Waals surface area contributed by atoms with Gasteiger partial charge in [-0.3, -0.25) is 0 Å². The molecule has 2 aromatic carbocycles. The number of hydrogen-bond acceptors (Lipinski definition) is 0. The van der Waals surface area contributed by atoms with Crippen molar-refractivity contribution in [3.05, 3.63) is 70.0 Å². The minimum Gasteiger partial charge on any atom is -0.205 e. The number of hydrogen-bond donors (Lipinski definition) is 0. The van der Waals surface area contributed by atoms with Gasteiger partial charge < -0.3 is 0 Å². The van der Waals surface area contributed by atoms with E-state index in [1.54, 1.807) is 0 Å². The Morgan fingerprint density at radius 2 is 1.39 bits per heavy atom. The zero-order chi connectivity index (χ0) is 13.3. The molecule has 0 bridgehead atoms. The fourth-order valence-electron chi connectivity index (χ4n) is 1.53. The van der Waals surface area contributed by atoms with Gasteiger partial charge in [0.25, 0.3) is 0 Å². The molecule has 0 heterocycles. The monoisotopic (exact) mass is 334 g/mol. The SMILES string of the molecule is Fc1ccc(C(Br)c2ccc(F)c(Cl)c2)cc1F. The standard InChI is InChI=1S/C13H7BrClF3/c14-13(7-1-3-10(16)9(15)5-7)8-2-4-11(17)12(18)6-8/h1-6,13H. The maximum absolute atomic E-state index is 13.1. The summed E-state index contributed by atoms with van der Waals surface area (Å²) in [6.07, 6.45) is 0. The molecule has 0 aliphatic carbocycles. The van der Waals surface area contributed by atoms with Crippen LogP contribution in [0.4, 0.5) is 13.2 Å². The summed E-state index contributed by atoms with van der Waals surface area (Å²) in [4.78, 5) is -0.384. The maximum atomic E-state index is 13.1. The summed E-state index contributed by atoms with van der Waals surface area (Å²) in [7, 11) is 0. The smallest absolute Gasteiger partial charge is 0.159 e. The molecule has 0 aromatic heterocycles. The highest BCUT2D eigenvalue weighted by Gasteiger charge is 2.14. The zero-order valence-corrected chi connectivity index (χ0v) is 11.3. The Balaban J connectivity index is 2.37. The van der Waals surface area contributed by atoms with E-state index in [9.17, 15) is 13.2 Å². The fourth-order valence-corrected chi connectivity index (χ4v) is 2.29. The Morgan fingerprint density at radius 1 is 0.833 bits per heavy atom. The second-order valence-corrected chi connectivity index (χ2v) is 5.03. The Morgan fingerprint density at radius 3 is 1.94 bits per heavy atom. The van der Waals surface area contributed by atoms with Crippen LogP contribution in [-0.4, -0.2) is 0 Å². The molecule has 0 radical (unpaired) electrons. The molecule has 0 aliphatic rings. The lowest BCUT2D eigenvalue weighted by Gasteiger charge is -2.11. The average Bonchev–Trinajstić information content (AvgIpc) is 2.35. The van der Waals surface area contributed by atoms with Gasteiger partial charge in [-0.2, -0.15) is 0 Å². The predicted molar refractivity (Wildman–Crippen MR) is 68.5 cm³/mol. The zero-order valence-electron chi connectivity index (χ0n) is 8.93. The van der Waals surface area contributed by atoms with E-state index in [2.05, 4.69) is 15.9 Å². The molecule has 0 aliphatic heterocycles. The number of rotatable bonds is 2. The first kappa shape index (κ1) is 13.4. The van der Waals surface area contributed by atoms with Crippen LogP contribution < -0.4 is 0 Å². The van der Waals surface area contributed by atoms with Crippen LogP contribution in [0.15, 0.2) is 36.4 Å². The molecule has 0 amide bonds. The molecule has 0 N–H and O–H groups in total. The maximum Gasteiger partial charge on any atom is 0.159 e. The predicted octanol–water partition coefficient (Wildman–Crippen LogP) is 5.24. The van der Waals surface area contributed by atoms with Crippen LogP contribution in [0.25, 0.3) is 0 Å². The molecule has 0 nitrogen and oxygen atoms in total. The van der Waals surface area contributed by atoms with E-state index in [0.29, 0.717) is 11.1 Å². The molecule has 0 saturated carbocycles. The van der Waals surface area contributed by atoms with Gasteiger partial charge in [0.15, 0.2) is 11.6 Å². The topological polar surface area (TPSA) is 0 Å². The number of benzene rings is 2. The molecule has 2 rings (SSSR count). The van der Waals surface area contributed by atoms with Gasteiger partial charge in [0, 0.05) is 0 Å². The molecule has 0 fully saturated rings. The largest absolute Gasteiger partial charge is 0.205 e. The summed E-state index contributed by atoms with van der Waals surface area (Å²) in [6.45, 7) is 0. The summed E-state index contributed by atoms with van der Waals surface area (Å²) >= 11 is 9.01. The van der Waals surface area contributed by atoms with Crippen molar-refractivity contribution in [1.29, 1.82) is 0 Å². The van der Waals surface area contributed by atoms with Crippen LogP contribution in [0.5, 0.6) is 0 Å². The van der Waals surface area contributed by atoms with Gasteiger partial charge in [0.1, 0.15) is 5.82 Å². The molecule has 2 aromatic rings. The van der Waals surface area contributed by atoms with Crippen LogP contribution in [-0.2, 0) is 0 Å². The van der Waals surface area contributed by atoms with Crippen LogP contribution in [0.3, 0.4) is 0 Å². The molecule has 0 spiro atoms. The van der Waals surface area contributed by atoms with Crippen molar-refractivity contribution in [2.45, 2.75) is 4.83 Å². The lowest BCUT2D eigenvalue weighted by molar-refractivity contribution is 0.507. The van der Waals surface area contributed by atoms with Crippen molar-refractivity contribution in [1.82, 2.24) is 0 Å². The van der Waals surface area contributed by atoms with Crippen molar-refractivity contribution in [3.8, 4) is 0 Å². The van der Waals surface area contributed by atoms with Crippen LogP contribution in [0, 0.1) is 17.5 Å². The first-order valence-corrected chi connectivity index (χ1v) is 6.32. The third kappa shape index (κ3) is 2.70. The van der Waals surface area contributed by atoms with Crippen molar-refractivity contribution < 1.29 is 13.2 Å². The molecule has 1 unspecified atom stereocenters. The van der Waals surface area contributed by atoms with Gasteiger partial charge in [-0.25, -0.2) is 13.2 Å². The van der Waals surface area contributed by atoms with Crippen molar-refractivity contribution >= 4 is 27.5 Å². The summed E-state index contributed by atoms with van der Waals surface area (Å²) < 4.78 is 39.0. The normalized spacial score (nSPS) is 12.5. The highest BCUT2D eigenvalue weighted by Crippen LogP contribution is 2.33. The van der Waals surface area contributed by atoms with Crippen LogP contribution in [0.2, 0.25) is 5.02 Å². The summed E-state index contributed by atoms with van der Waals surface area (Å²) in [5, 5.41) is -0.0143. The molecule has 1 atom stereocenters. The second-order valence-electron chi connectivity index (χ2n) is 3.71. The molecule has 0 saturated heterocycles. The molecule has 18 heavy (non-hydrogen) atoms. The first-order valence-electron chi connectivity index (χ1n) is 5.03. The molecular weight excluding hydrogens is 328 g/mol. The van der Waals surface area contributed by atoms with Gasteiger partial charge in [-0.05, 0) is 35.4 Å². The van der Waals surface area contributed by atoms with Crippen molar-refractivity contribution in [2.24, 2.45) is 0 Å².